The average Bonchev–Trinajstić information content (AvgIpc) is 2.99. The van der Waals surface area contributed by atoms with Crippen molar-refractivity contribution in [3.63, 3.8) is 0 Å². The van der Waals surface area contributed by atoms with Crippen molar-refractivity contribution >= 4 is 50.9 Å². The van der Waals surface area contributed by atoms with E-state index in [4.69, 9.17) is 27.9 Å². The van der Waals surface area contributed by atoms with E-state index in [0.29, 0.717) is 17.7 Å². The Kier molecular flexibility index (Phi) is 9.57. The molecule has 47 heavy (non-hydrogen) atoms. The van der Waals surface area contributed by atoms with Crippen LogP contribution in [0.5, 0.6) is 11.5 Å². The first-order chi connectivity index (χ1) is 22.0. The molecule has 1 fully saturated rings. The largest absolute Gasteiger partial charge is 0.534 e. The summed E-state index contributed by atoms with van der Waals surface area (Å²) in [5.41, 5.74) is -5.99. The summed E-state index contributed by atoms with van der Waals surface area (Å²) in [5.74, 6) is -4.06. The maximum atomic E-state index is 15.4. The van der Waals surface area contributed by atoms with Crippen LogP contribution in [0.2, 0.25) is 10.0 Å². The van der Waals surface area contributed by atoms with E-state index in [1.165, 1.54) is 17.0 Å². The number of carbonyl (C=O) groups is 2. The molecule has 5 rings (SSSR count). The third kappa shape index (κ3) is 6.80. The third-order valence-electron chi connectivity index (χ3n) is 7.76. The fourth-order valence-corrected chi connectivity index (χ4v) is 6.60. The van der Waals surface area contributed by atoms with Gasteiger partial charge in [-0.25, -0.2) is 9.18 Å². The lowest BCUT2D eigenvalue weighted by Crippen LogP contribution is -2.50. The summed E-state index contributed by atoms with van der Waals surface area (Å²) in [5, 5.41) is 0.273. The number of carbonyl (C=O) groups excluding carboxylic acids is 2. The third-order valence-corrected chi connectivity index (χ3v) is 9.32. The summed E-state index contributed by atoms with van der Waals surface area (Å²) < 4.78 is 92.7. The number of fused-ring (bicyclic) bond motifs is 1. The highest BCUT2D eigenvalue weighted by Gasteiger charge is 2.49. The number of piperazine rings is 1. The van der Waals surface area contributed by atoms with Crippen molar-refractivity contribution in [2.45, 2.75) is 25.0 Å². The molecule has 1 atom stereocenters. The van der Waals surface area contributed by atoms with Crippen molar-refractivity contribution in [1.29, 1.82) is 0 Å². The van der Waals surface area contributed by atoms with E-state index in [1.54, 1.807) is 18.2 Å². The van der Waals surface area contributed by atoms with Crippen LogP contribution in [0, 0.1) is 5.82 Å². The summed E-state index contributed by atoms with van der Waals surface area (Å²) >= 11 is 13.2. The number of rotatable bonds is 6. The van der Waals surface area contributed by atoms with Crippen molar-refractivity contribution in [3.05, 3.63) is 75.0 Å². The number of hydrogen-bond donors (Lipinski definition) is 0. The van der Waals surface area contributed by atoms with Crippen LogP contribution in [-0.2, 0) is 21.4 Å². The molecule has 0 radical (unpaired) electrons. The van der Waals surface area contributed by atoms with Crippen LogP contribution in [0.15, 0.2) is 42.5 Å². The van der Waals surface area contributed by atoms with Gasteiger partial charge in [0.1, 0.15) is 17.1 Å². The lowest BCUT2D eigenvalue weighted by Gasteiger charge is -2.40. The molecule has 1 unspecified atom stereocenters. The second-order valence-electron chi connectivity index (χ2n) is 11.0. The molecule has 252 valence electrons. The molecule has 1 saturated heterocycles. The summed E-state index contributed by atoms with van der Waals surface area (Å²) in [4.78, 5) is 31.5. The number of amides is 1. The van der Waals surface area contributed by atoms with Crippen LogP contribution in [0.1, 0.15) is 33.2 Å². The Morgan fingerprint density at radius 1 is 1.04 bits per heavy atom. The highest BCUT2D eigenvalue weighted by Crippen LogP contribution is 2.42. The van der Waals surface area contributed by atoms with Gasteiger partial charge in [0, 0.05) is 48.1 Å². The van der Waals surface area contributed by atoms with Gasteiger partial charge in [-0.05, 0) is 38.2 Å². The normalized spacial score (nSPS) is 17.2. The number of halogens is 6. The van der Waals surface area contributed by atoms with E-state index in [1.807, 2.05) is 7.05 Å². The van der Waals surface area contributed by atoms with Gasteiger partial charge in [-0.15, -0.1) is 0 Å². The maximum Gasteiger partial charge on any atom is 0.534 e. The number of likely N-dealkylation sites (N-methyl/N-ethyl adjacent to an activating group) is 1. The molecule has 0 aliphatic carbocycles. The van der Waals surface area contributed by atoms with Gasteiger partial charge in [-0.3, -0.25) is 4.79 Å². The summed E-state index contributed by atoms with van der Waals surface area (Å²) in [6.45, 7) is 4.09. The number of methoxy groups -OCH3 is 1. The van der Waals surface area contributed by atoms with Gasteiger partial charge in [0.05, 0.1) is 29.3 Å². The van der Waals surface area contributed by atoms with E-state index >= 15 is 4.39 Å². The van der Waals surface area contributed by atoms with E-state index < -0.39 is 50.2 Å². The van der Waals surface area contributed by atoms with Gasteiger partial charge in [0.25, 0.3) is 5.91 Å². The molecule has 0 N–H and O–H groups in total. The minimum Gasteiger partial charge on any atom is -0.472 e. The van der Waals surface area contributed by atoms with Crippen molar-refractivity contribution in [1.82, 2.24) is 9.80 Å². The highest BCUT2D eigenvalue weighted by atomic mass is 35.5. The minimum absolute atomic E-state index is 0.0144. The van der Waals surface area contributed by atoms with Gasteiger partial charge in [-0.1, -0.05) is 41.4 Å². The SMILES string of the molecule is COC(=O)c1cc(F)c(-c2cccc3c2OCN(C(=O)c2c(Cl)cc(N4CCN(C)CC4C)cc2Cl)C3)cc1OS(=O)(=O)C(F)(F)F. The first kappa shape index (κ1) is 34.5. The molecular weight excluding hydrogens is 693 g/mol. The van der Waals surface area contributed by atoms with Gasteiger partial charge in [-0.2, -0.15) is 21.6 Å². The van der Waals surface area contributed by atoms with Gasteiger partial charge in [0.15, 0.2) is 12.5 Å². The second-order valence-corrected chi connectivity index (χ2v) is 13.3. The molecule has 10 nitrogen and oxygen atoms in total. The molecule has 17 heteroatoms. The van der Waals surface area contributed by atoms with Crippen LogP contribution < -0.4 is 13.8 Å². The van der Waals surface area contributed by atoms with Crippen molar-refractivity contribution in [2.24, 2.45) is 0 Å². The minimum atomic E-state index is -6.24. The fraction of sp³-hybridized carbons (Fsp3) is 0.333. The molecule has 2 heterocycles. The number of benzene rings is 3. The fourth-order valence-electron chi connectivity index (χ4n) is 5.49. The number of anilines is 1. The Labute approximate surface area is 277 Å². The monoisotopic (exact) mass is 719 g/mol. The summed E-state index contributed by atoms with van der Waals surface area (Å²) in [7, 11) is -3.34. The van der Waals surface area contributed by atoms with E-state index in [2.05, 4.69) is 25.6 Å². The zero-order valence-corrected chi connectivity index (χ0v) is 27.4. The number of hydrogen-bond acceptors (Lipinski definition) is 9. The number of alkyl halides is 3. The molecule has 1 amide bonds. The van der Waals surface area contributed by atoms with Gasteiger partial charge < -0.3 is 28.4 Å². The second kappa shape index (κ2) is 13.0. The molecule has 0 spiro atoms. The van der Waals surface area contributed by atoms with Crippen LogP contribution in [0.25, 0.3) is 11.1 Å². The maximum absolute atomic E-state index is 15.4. The lowest BCUT2D eigenvalue weighted by molar-refractivity contribution is -0.0500. The zero-order valence-electron chi connectivity index (χ0n) is 25.0. The van der Waals surface area contributed by atoms with Crippen molar-refractivity contribution in [3.8, 4) is 22.6 Å². The number of ether oxygens (including phenoxy) is 2. The molecule has 0 aromatic heterocycles. The number of nitrogens with zero attached hydrogens (tertiary/aromatic N) is 3. The molecule has 3 aromatic rings. The predicted molar refractivity (Wildman–Crippen MR) is 165 cm³/mol. The van der Waals surface area contributed by atoms with E-state index in [-0.39, 0.29) is 46.2 Å². The zero-order chi connectivity index (χ0) is 34.4. The number of esters is 1. The number of para-hydroxylation sites is 1. The van der Waals surface area contributed by atoms with Crippen molar-refractivity contribution in [2.75, 3.05) is 45.4 Å². The molecule has 0 saturated carbocycles. The molecular formula is C30H27Cl2F4N3O7S. The van der Waals surface area contributed by atoms with E-state index in [9.17, 15) is 31.2 Å². The first-order valence-corrected chi connectivity index (χ1v) is 16.1. The Morgan fingerprint density at radius 3 is 2.34 bits per heavy atom. The quantitative estimate of drug-likeness (QED) is 0.132. The van der Waals surface area contributed by atoms with Crippen LogP contribution in [0.3, 0.4) is 0 Å². The van der Waals surface area contributed by atoms with Crippen LogP contribution in [-0.4, -0.2) is 82.2 Å². The summed E-state index contributed by atoms with van der Waals surface area (Å²) in [6.07, 6.45) is 0. The van der Waals surface area contributed by atoms with Crippen molar-refractivity contribution < 1.29 is 49.2 Å². The Bertz CT molecular complexity index is 1840. The highest BCUT2D eigenvalue weighted by molar-refractivity contribution is 7.88. The smallest absolute Gasteiger partial charge is 0.472 e. The molecule has 2 aliphatic heterocycles. The van der Waals surface area contributed by atoms with Gasteiger partial charge in [0.2, 0.25) is 0 Å². The topological polar surface area (TPSA) is 106 Å². The van der Waals surface area contributed by atoms with Crippen LogP contribution >= 0.6 is 23.2 Å². The summed E-state index contributed by atoms with van der Waals surface area (Å²) in [6, 6.07) is 9.07. The van der Waals surface area contributed by atoms with Gasteiger partial charge >= 0.3 is 21.6 Å². The van der Waals surface area contributed by atoms with E-state index in [0.717, 1.165) is 32.4 Å². The van der Waals surface area contributed by atoms with Crippen LogP contribution in [0.4, 0.5) is 23.2 Å². The lowest BCUT2D eigenvalue weighted by atomic mass is 9.98. The Hall–Kier alpha value is -3.79. The molecule has 2 aliphatic rings. The Morgan fingerprint density at radius 2 is 1.72 bits per heavy atom. The average molecular weight is 721 g/mol. The predicted octanol–water partition coefficient (Wildman–Crippen LogP) is 5.95. The standard InChI is InChI=1S/C30H27Cl2F4N3O7S/c1-16-13-37(2)7-8-39(16)18-9-22(31)26(23(32)10-18)28(40)38-14-17-5-4-6-19(27(17)45-15-38)20-12-25(46-47(42,43)30(34,35)36)21(11-24(20)33)29(41)44-3/h4-6,9-12,16H,7-8,13-15H2,1-3H3. The molecule has 3 aromatic carbocycles. The first-order valence-electron chi connectivity index (χ1n) is 13.9. The Balaban J connectivity index is 1.45. The molecule has 0 bridgehead atoms.